The summed E-state index contributed by atoms with van der Waals surface area (Å²) in [5.74, 6) is -0.101. The molecule has 1 heterocycles. The molecule has 0 saturated carbocycles. The molecule has 1 N–H and O–H groups in total. The van der Waals surface area contributed by atoms with Crippen molar-refractivity contribution in [1.82, 2.24) is 0 Å². The molecule has 0 radical (unpaired) electrons. The SMILES string of the molecule is COc1ccc(CN2C(=CC(C)=O)Sc3ccc(CC(=O)O)cc32)cc1. The molecular weight excluding hydrogens is 350 g/mol. The topological polar surface area (TPSA) is 66.8 Å². The summed E-state index contributed by atoms with van der Waals surface area (Å²) in [7, 11) is 1.63. The van der Waals surface area contributed by atoms with Gasteiger partial charge in [0.1, 0.15) is 5.75 Å². The van der Waals surface area contributed by atoms with Crippen LogP contribution in [0.25, 0.3) is 0 Å². The molecule has 5 nitrogen and oxygen atoms in total. The smallest absolute Gasteiger partial charge is 0.307 e. The molecule has 0 aliphatic carbocycles. The van der Waals surface area contributed by atoms with E-state index in [4.69, 9.17) is 9.84 Å². The molecule has 0 amide bonds. The van der Waals surface area contributed by atoms with Crippen molar-refractivity contribution in [2.24, 2.45) is 0 Å². The molecule has 2 aromatic rings. The third-order valence-corrected chi connectivity index (χ3v) is 5.09. The molecule has 0 fully saturated rings. The van der Waals surface area contributed by atoms with Crippen LogP contribution in [0.5, 0.6) is 5.75 Å². The summed E-state index contributed by atoms with van der Waals surface area (Å²) < 4.78 is 5.19. The minimum absolute atomic E-state index is 0.0224. The number of fused-ring (bicyclic) bond motifs is 1. The van der Waals surface area contributed by atoms with E-state index in [0.29, 0.717) is 6.54 Å². The van der Waals surface area contributed by atoms with E-state index in [0.717, 1.165) is 32.5 Å². The maximum Gasteiger partial charge on any atom is 0.307 e. The molecule has 6 heteroatoms. The summed E-state index contributed by atoms with van der Waals surface area (Å²) in [5, 5.41) is 9.89. The van der Waals surface area contributed by atoms with E-state index in [1.54, 1.807) is 13.2 Å². The van der Waals surface area contributed by atoms with Crippen LogP contribution in [0.4, 0.5) is 5.69 Å². The number of hydrogen-bond donors (Lipinski definition) is 1. The van der Waals surface area contributed by atoms with E-state index in [-0.39, 0.29) is 12.2 Å². The lowest BCUT2D eigenvalue weighted by atomic mass is 10.1. The standard InChI is InChI=1S/C20H19NO4S/c1-13(22)9-19-21(12-14-3-6-16(25-2)7-4-14)17-10-15(11-20(23)24)5-8-18(17)26-19/h3-10H,11-12H2,1-2H3,(H,23,24). The predicted octanol–water partition coefficient (Wildman–Crippen LogP) is 3.87. The zero-order chi connectivity index (χ0) is 18.7. The molecule has 0 spiro atoms. The number of rotatable bonds is 6. The van der Waals surface area contributed by atoms with Crippen molar-refractivity contribution in [2.45, 2.75) is 24.8 Å². The minimum atomic E-state index is -0.864. The quantitative estimate of drug-likeness (QED) is 0.780. The van der Waals surface area contributed by atoms with Gasteiger partial charge in [0.2, 0.25) is 0 Å². The Balaban J connectivity index is 1.95. The lowest BCUT2D eigenvalue weighted by Gasteiger charge is -2.21. The van der Waals surface area contributed by atoms with Crippen molar-refractivity contribution in [1.29, 1.82) is 0 Å². The van der Waals surface area contributed by atoms with Gasteiger partial charge in [-0.05, 0) is 42.3 Å². The third kappa shape index (κ3) is 4.08. The molecule has 26 heavy (non-hydrogen) atoms. The van der Waals surface area contributed by atoms with Crippen molar-refractivity contribution >= 4 is 29.2 Å². The van der Waals surface area contributed by atoms with Crippen LogP contribution in [0.2, 0.25) is 0 Å². The summed E-state index contributed by atoms with van der Waals surface area (Å²) in [6.45, 7) is 2.11. The highest BCUT2D eigenvalue weighted by Gasteiger charge is 2.26. The Morgan fingerprint density at radius 2 is 1.85 bits per heavy atom. The van der Waals surface area contributed by atoms with Crippen molar-refractivity contribution < 1.29 is 19.4 Å². The average Bonchev–Trinajstić information content (AvgIpc) is 2.91. The molecule has 0 aromatic heterocycles. The number of anilines is 1. The number of aliphatic carboxylic acids is 1. The molecule has 0 unspecified atom stereocenters. The van der Waals surface area contributed by atoms with Crippen LogP contribution in [-0.4, -0.2) is 24.0 Å². The van der Waals surface area contributed by atoms with E-state index >= 15 is 0 Å². The summed E-state index contributed by atoms with van der Waals surface area (Å²) in [5.41, 5.74) is 2.73. The fourth-order valence-corrected chi connectivity index (χ4v) is 3.92. The number of methoxy groups -OCH3 is 1. The predicted molar refractivity (Wildman–Crippen MR) is 102 cm³/mol. The van der Waals surface area contributed by atoms with E-state index in [1.165, 1.54) is 18.7 Å². The van der Waals surface area contributed by atoms with Crippen LogP contribution in [0.3, 0.4) is 0 Å². The molecule has 3 rings (SSSR count). The van der Waals surface area contributed by atoms with Crippen LogP contribution >= 0.6 is 11.8 Å². The van der Waals surface area contributed by atoms with Gasteiger partial charge in [-0.1, -0.05) is 30.0 Å². The Hall–Kier alpha value is -2.73. The Morgan fingerprint density at radius 3 is 2.46 bits per heavy atom. The average molecular weight is 369 g/mol. The molecule has 0 saturated heterocycles. The number of carboxylic acids is 1. The fourth-order valence-electron chi connectivity index (χ4n) is 2.79. The van der Waals surface area contributed by atoms with Crippen LogP contribution in [0, 0.1) is 0 Å². The normalized spacial score (nSPS) is 14.4. The van der Waals surface area contributed by atoms with E-state index in [2.05, 4.69) is 4.90 Å². The molecule has 0 atom stereocenters. The highest BCUT2D eigenvalue weighted by Crippen LogP contribution is 2.47. The van der Waals surface area contributed by atoms with Crippen molar-refractivity contribution in [3.05, 3.63) is 64.7 Å². The summed E-state index contributed by atoms with van der Waals surface area (Å²) in [6, 6.07) is 13.4. The lowest BCUT2D eigenvalue weighted by Crippen LogP contribution is -2.18. The first-order chi connectivity index (χ1) is 12.5. The van der Waals surface area contributed by atoms with Crippen molar-refractivity contribution in [3.8, 4) is 5.75 Å². The molecule has 1 aliphatic heterocycles. The first-order valence-electron chi connectivity index (χ1n) is 8.11. The van der Waals surface area contributed by atoms with Gasteiger partial charge in [-0.25, -0.2) is 0 Å². The molecular formula is C20H19NO4S. The van der Waals surface area contributed by atoms with Crippen LogP contribution < -0.4 is 9.64 Å². The maximum absolute atomic E-state index is 11.6. The molecule has 0 bridgehead atoms. The van der Waals surface area contributed by atoms with Crippen LogP contribution in [0.1, 0.15) is 18.1 Å². The van der Waals surface area contributed by atoms with Gasteiger partial charge in [-0.2, -0.15) is 0 Å². The maximum atomic E-state index is 11.6. The van der Waals surface area contributed by atoms with Gasteiger partial charge in [0, 0.05) is 17.5 Å². The number of benzene rings is 2. The van der Waals surface area contributed by atoms with Gasteiger partial charge in [0.05, 0.1) is 24.2 Å². The van der Waals surface area contributed by atoms with Gasteiger partial charge < -0.3 is 14.7 Å². The lowest BCUT2D eigenvalue weighted by molar-refractivity contribution is -0.136. The number of carboxylic acid groups (broad SMARTS) is 1. The summed E-state index contributed by atoms with van der Waals surface area (Å²) in [4.78, 5) is 25.7. The van der Waals surface area contributed by atoms with Crippen LogP contribution in [0.15, 0.2) is 58.5 Å². The zero-order valence-electron chi connectivity index (χ0n) is 14.6. The second kappa shape index (κ2) is 7.66. The largest absolute Gasteiger partial charge is 0.497 e. The minimum Gasteiger partial charge on any atom is -0.497 e. The number of hydrogen-bond acceptors (Lipinski definition) is 5. The van der Waals surface area contributed by atoms with Gasteiger partial charge in [0.25, 0.3) is 0 Å². The summed E-state index contributed by atoms with van der Waals surface area (Å²) in [6.07, 6.45) is 1.59. The molecule has 2 aromatic carbocycles. The van der Waals surface area contributed by atoms with E-state index in [1.807, 2.05) is 42.5 Å². The first kappa shape index (κ1) is 18.1. The highest BCUT2D eigenvalue weighted by molar-refractivity contribution is 8.03. The number of carbonyl (C=O) groups is 2. The Bertz CT molecular complexity index is 874. The van der Waals surface area contributed by atoms with E-state index < -0.39 is 5.97 Å². The second-order valence-corrected chi connectivity index (χ2v) is 7.06. The monoisotopic (exact) mass is 369 g/mol. The Morgan fingerprint density at radius 1 is 1.15 bits per heavy atom. The number of thioether (sulfide) groups is 1. The Kier molecular flexibility index (Phi) is 5.32. The van der Waals surface area contributed by atoms with Crippen LogP contribution in [-0.2, 0) is 22.6 Å². The number of ketones is 1. The summed E-state index contributed by atoms with van der Waals surface area (Å²) >= 11 is 1.52. The third-order valence-electron chi connectivity index (χ3n) is 3.98. The molecule has 134 valence electrons. The van der Waals surface area contributed by atoms with Gasteiger partial charge in [0.15, 0.2) is 5.78 Å². The number of allylic oxidation sites excluding steroid dienone is 1. The second-order valence-electron chi connectivity index (χ2n) is 6.00. The number of ether oxygens (including phenoxy) is 1. The van der Waals surface area contributed by atoms with Crippen molar-refractivity contribution in [3.63, 3.8) is 0 Å². The Labute approximate surface area is 156 Å². The molecule has 1 aliphatic rings. The highest BCUT2D eigenvalue weighted by atomic mass is 32.2. The zero-order valence-corrected chi connectivity index (χ0v) is 15.4. The number of carbonyl (C=O) groups excluding carboxylic acids is 1. The number of nitrogens with zero attached hydrogens (tertiary/aromatic N) is 1. The van der Waals surface area contributed by atoms with Crippen molar-refractivity contribution in [2.75, 3.05) is 12.0 Å². The fraction of sp³-hybridized carbons (Fsp3) is 0.200. The van der Waals surface area contributed by atoms with Gasteiger partial charge in [-0.15, -0.1) is 0 Å². The van der Waals surface area contributed by atoms with Gasteiger partial charge >= 0.3 is 5.97 Å². The van der Waals surface area contributed by atoms with Gasteiger partial charge in [-0.3, -0.25) is 9.59 Å². The van der Waals surface area contributed by atoms with E-state index in [9.17, 15) is 9.59 Å². The first-order valence-corrected chi connectivity index (χ1v) is 8.93.